The molecule has 2 aliphatic rings. The predicted octanol–water partition coefficient (Wildman–Crippen LogP) is 2.77. The number of hydrogen-bond donors (Lipinski definition) is 1. The van der Waals surface area contributed by atoms with Crippen LogP contribution in [0.1, 0.15) is 30.0 Å². The van der Waals surface area contributed by atoms with E-state index in [1.54, 1.807) is 6.07 Å². The summed E-state index contributed by atoms with van der Waals surface area (Å²) in [6, 6.07) is 5.12. The normalized spacial score (nSPS) is 27.4. The maximum atomic E-state index is 13.3. The van der Waals surface area contributed by atoms with E-state index in [2.05, 4.69) is 20.1 Å². The predicted molar refractivity (Wildman–Crippen MR) is 69.2 cm³/mol. The van der Waals surface area contributed by atoms with Gasteiger partial charge >= 0.3 is 0 Å². The smallest absolute Gasteiger partial charge is 0.123 e. The fraction of sp³-hybridized carbons (Fsp3) is 0.538. The fourth-order valence-corrected chi connectivity index (χ4v) is 3.62. The molecule has 0 amide bonds. The van der Waals surface area contributed by atoms with Gasteiger partial charge in [0.1, 0.15) is 5.82 Å². The summed E-state index contributed by atoms with van der Waals surface area (Å²) in [6.45, 7) is 2.04. The van der Waals surface area contributed by atoms with Gasteiger partial charge in [-0.2, -0.15) is 0 Å². The molecule has 3 rings (SSSR count). The van der Waals surface area contributed by atoms with Crippen molar-refractivity contribution in [1.29, 1.82) is 0 Å². The molecule has 2 N–H and O–H groups in total. The third kappa shape index (κ3) is 1.83. The summed E-state index contributed by atoms with van der Waals surface area (Å²) in [5.74, 6) is -0.147. The Hall–Kier alpha value is -0.450. The van der Waals surface area contributed by atoms with Gasteiger partial charge < -0.3 is 5.73 Å². The summed E-state index contributed by atoms with van der Waals surface area (Å²) in [4.78, 5) is 0. The van der Waals surface area contributed by atoms with Gasteiger partial charge in [-0.1, -0.05) is 6.07 Å². The Balaban J connectivity index is 1.92. The number of piperidine rings is 1. The van der Waals surface area contributed by atoms with Crippen molar-refractivity contribution in [3.63, 3.8) is 0 Å². The molecule has 1 unspecified atom stereocenters. The summed E-state index contributed by atoms with van der Waals surface area (Å²) >= 11 is 3.52. The average molecular weight is 299 g/mol. The minimum absolute atomic E-state index is 0.0688. The van der Waals surface area contributed by atoms with Crippen LogP contribution in [0.3, 0.4) is 0 Å². The monoisotopic (exact) mass is 298 g/mol. The lowest BCUT2D eigenvalue weighted by Gasteiger charge is -2.40. The molecule has 1 fully saturated rings. The van der Waals surface area contributed by atoms with Crippen molar-refractivity contribution >= 4 is 16.1 Å². The molecule has 0 saturated carbocycles. The third-order valence-electron chi connectivity index (χ3n) is 4.35. The first-order valence-electron chi connectivity index (χ1n) is 6.05. The highest BCUT2D eigenvalue weighted by Crippen LogP contribution is 2.50. The van der Waals surface area contributed by atoms with Gasteiger partial charge in [-0.3, -0.25) is 0 Å². The summed E-state index contributed by atoms with van der Waals surface area (Å²) in [5.41, 5.74) is 8.81. The Bertz CT molecular complexity index is 441. The maximum Gasteiger partial charge on any atom is 0.123 e. The molecule has 0 radical (unpaired) electrons. The molecule has 4 heteroatoms. The zero-order valence-electron chi connectivity index (χ0n) is 9.63. The number of nitrogens with two attached hydrogens (primary N) is 1. The molecular formula is C13H16BrFN2. The van der Waals surface area contributed by atoms with E-state index in [0.717, 1.165) is 43.5 Å². The van der Waals surface area contributed by atoms with E-state index in [1.165, 1.54) is 6.07 Å². The van der Waals surface area contributed by atoms with Gasteiger partial charge in [0.2, 0.25) is 0 Å². The van der Waals surface area contributed by atoms with Gasteiger partial charge in [-0.15, -0.1) is 0 Å². The van der Waals surface area contributed by atoms with E-state index < -0.39 is 0 Å². The second kappa shape index (κ2) is 4.04. The highest BCUT2D eigenvalue weighted by Gasteiger charge is 2.45. The van der Waals surface area contributed by atoms with Crippen molar-refractivity contribution in [3.8, 4) is 0 Å². The van der Waals surface area contributed by atoms with Gasteiger partial charge in [0.05, 0.1) is 0 Å². The van der Waals surface area contributed by atoms with Crippen molar-refractivity contribution in [2.24, 2.45) is 11.1 Å². The lowest BCUT2D eigenvalue weighted by molar-refractivity contribution is 0.142. The molecule has 92 valence electrons. The molecule has 1 heterocycles. The van der Waals surface area contributed by atoms with Crippen LogP contribution in [-0.4, -0.2) is 17.0 Å². The maximum absolute atomic E-state index is 13.3. The minimum atomic E-state index is -0.147. The molecule has 1 spiro atoms. The second-order valence-corrected chi connectivity index (χ2v) is 6.27. The molecule has 1 aromatic rings. The van der Waals surface area contributed by atoms with Crippen LogP contribution >= 0.6 is 16.1 Å². The molecule has 0 bridgehead atoms. The van der Waals surface area contributed by atoms with Gasteiger partial charge in [0.15, 0.2) is 0 Å². The number of halogens is 2. The van der Waals surface area contributed by atoms with Crippen LogP contribution in [0.4, 0.5) is 4.39 Å². The van der Waals surface area contributed by atoms with Crippen LogP contribution in [0, 0.1) is 11.2 Å². The van der Waals surface area contributed by atoms with E-state index in [-0.39, 0.29) is 17.3 Å². The van der Waals surface area contributed by atoms with Crippen LogP contribution in [0.25, 0.3) is 0 Å². The summed E-state index contributed by atoms with van der Waals surface area (Å²) in [6.07, 6.45) is 3.09. The van der Waals surface area contributed by atoms with Gasteiger partial charge in [-0.05, 0) is 47.9 Å². The Morgan fingerprint density at radius 1 is 1.35 bits per heavy atom. The standard InChI is InChI=1S/C13H16BrFN2/c14-17-5-3-13(4-6-17)8-9-7-10(15)1-2-11(9)12(13)16/h1-2,7,12H,3-6,8,16H2. The first-order chi connectivity index (χ1) is 8.11. The quantitative estimate of drug-likeness (QED) is 0.746. The van der Waals surface area contributed by atoms with E-state index in [9.17, 15) is 4.39 Å². The van der Waals surface area contributed by atoms with E-state index in [1.807, 2.05) is 6.07 Å². The lowest BCUT2D eigenvalue weighted by Crippen LogP contribution is -2.41. The van der Waals surface area contributed by atoms with Crippen molar-refractivity contribution in [3.05, 3.63) is 35.1 Å². The van der Waals surface area contributed by atoms with Crippen molar-refractivity contribution < 1.29 is 4.39 Å². The molecule has 1 aliphatic heterocycles. The Labute approximate surface area is 109 Å². The Kier molecular flexibility index (Phi) is 2.76. The zero-order valence-corrected chi connectivity index (χ0v) is 11.2. The van der Waals surface area contributed by atoms with Gasteiger partial charge in [0.25, 0.3) is 0 Å². The first-order valence-corrected chi connectivity index (χ1v) is 6.76. The SMILES string of the molecule is NC1c2ccc(F)cc2CC12CCN(Br)CC2. The molecule has 1 saturated heterocycles. The lowest BCUT2D eigenvalue weighted by atomic mass is 9.73. The summed E-state index contributed by atoms with van der Waals surface area (Å²) in [7, 11) is 0. The summed E-state index contributed by atoms with van der Waals surface area (Å²) in [5, 5.41) is 0. The van der Waals surface area contributed by atoms with Crippen LogP contribution in [0.2, 0.25) is 0 Å². The van der Waals surface area contributed by atoms with Crippen molar-refractivity contribution in [1.82, 2.24) is 3.93 Å². The number of benzene rings is 1. The number of nitrogens with zero attached hydrogens (tertiary/aromatic N) is 1. The minimum Gasteiger partial charge on any atom is -0.323 e. The average Bonchev–Trinajstić information content (AvgIpc) is 2.57. The van der Waals surface area contributed by atoms with E-state index in [4.69, 9.17) is 5.73 Å². The molecule has 2 nitrogen and oxygen atoms in total. The van der Waals surface area contributed by atoms with Crippen LogP contribution in [-0.2, 0) is 6.42 Å². The third-order valence-corrected chi connectivity index (χ3v) is 5.06. The molecule has 0 aromatic heterocycles. The van der Waals surface area contributed by atoms with Crippen LogP contribution in [0.15, 0.2) is 18.2 Å². The molecule has 1 aromatic carbocycles. The highest BCUT2D eigenvalue weighted by atomic mass is 79.9. The second-order valence-electron chi connectivity index (χ2n) is 5.27. The molecule has 17 heavy (non-hydrogen) atoms. The topological polar surface area (TPSA) is 29.3 Å². The molecule has 1 aliphatic carbocycles. The van der Waals surface area contributed by atoms with Crippen LogP contribution in [0.5, 0.6) is 0 Å². The van der Waals surface area contributed by atoms with Gasteiger partial charge in [0, 0.05) is 35.3 Å². The van der Waals surface area contributed by atoms with Crippen LogP contribution < -0.4 is 5.73 Å². The fourth-order valence-electron chi connectivity index (χ4n) is 3.26. The zero-order chi connectivity index (χ0) is 12.0. The summed E-state index contributed by atoms with van der Waals surface area (Å²) < 4.78 is 15.4. The van der Waals surface area contributed by atoms with E-state index in [0.29, 0.717) is 0 Å². The number of rotatable bonds is 0. The van der Waals surface area contributed by atoms with Crippen molar-refractivity contribution in [2.45, 2.75) is 25.3 Å². The molecule has 1 atom stereocenters. The Morgan fingerprint density at radius 2 is 2.06 bits per heavy atom. The highest BCUT2D eigenvalue weighted by molar-refractivity contribution is 9.07. The largest absolute Gasteiger partial charge is 0.323 e. The first kappa shape index (κ1) is 11.6. The molecular weight excluding hydrogens is 283 g/mol. The van der Waals surface area contributed by atoms with Gasteiger partial charge in [-0.25, -0.2) is 8.32 Å². The van der Waals surface area contributed by atoms with E-state index >= 15 is 0 Å². The number of fused-ring (bicyclic) bond motifs is 1. The number of hydrogen-bond acceptors (Lipinski definition) is 2. The Morgan fingerprint density at radius 3 is 2.76 bits per heavy atom. The van der Waals surface area contributed by atoms with Crippen molar-refractivity contribution in [2.75, 3.05) is 13.1 Å².